The summed E-state index contributed by atoms with van der Waals surface area (Å²) in [6.07, 6.45) is 3.35. The number of fused-ring (bicyclic) bond motifs is 1. The summed E-state index contributed by atoms with van der Waals surface area (Å²) in [4.78, 5) is 3.97. The van der Waals surface area contributed by atoms with Crippen LogP contribution in [0.2, 0.25) is 0 Å². The molecule has 2 rings (SSSR count). The fraction of sp³-hybridized carbons (Fsp3) is 0.100. The molecule has 0 atom stereocenters. The van der Waals surface area contributed by atoms with E-state index in [0.29, 0.717) is 6.54 Å². The first-order valence-corrected chi connectivity index (χ1v) is 4.03. The zero-order valence-electron chi connectivity index (χ0n) is 7.00. The number of hydrogen-bond acceptors (Lipinski definition) is 2. The number of benzene rings is 1. The molecule has 3 heteroatoms. The van der Waals surface area contributed by atoms with E-state index in [1.54, 1.807) is 18.5 Å². The van der Waals surface area contributed by atoms with Gasteiger partial charge in [0, 0.05) is 24.3 Å². The van der Waals surface area contributed by atoms with Gasteiger partial charge >= 0.3 is 0 Å². The molecule has 0 spiro atoms. The van der Waals surface area contributed by atoms with Crippen molar-refractivity contribution in [2.75, 3.05) is 0 Å². The normalized spacial score (nSPS) is 10.6. The summed E-state index contributed by atoms with van der Waals surface area (Å²) in [5, 5.41) is 1.77. The average molecular weight is 176 g/mol. The van der Waals surface area contributed by atoms with Crippen molar-refractivity contribution in [3.05, 3.63) is 42.0 Å². The van der Waals surface area contributed by atoms with Gasteiger partial charge in [0.2, 0.25) is 0 Å². The van der Waals surface area contributed by atoms with Crippen LogP contribution >= 0.6 is 0 Å². The molecular formula is C10H9FN2. The van der Waals surface area contributed by atoms with Crippen molar-refractivity contribution in [1.29, 1.82) is 0 Å². The van der Waals surface area contributed by atoms with Crippen LogP contribution in [0, 0.1) is 5.82 Å². The third kappa shape index (κ3) is 1.38. The Bertz CT molecular complexity index is 440. The highest BCUT2D eigenvalue weighted by Gasteiger charge is 2.01. The molecule has 2 aromatic rings. The van der Waals surface area contributed by atoms with Crippen LogP contribution in [0.1, 0.15) is 5.56 Å². The predicted molar refractivity (Wildman–Crippen MR) is 49.6 cm³/mol. The van der Waals surface area contributed by atoms with E-state index in [-0.39, 0.29) is 5.82 Å². The van der Waals surface area contributed by atoms with Crippen molar-refractivity contribution in [2.24, 2.45) is 5.73 Å². The van der Waals surface area contributed by atoms with Crippen LogP contribution in [0.25, 0.3) is 10.8 Å². The van der Waals surface area contributed by atoms with Gasteiger partial charge in [-0.2, -0.15) is 0 Å². The van der Waals surface area contributed by atoms with E-state index in [9.17, 15) is 4.39 Å². The molecule has 0 aliphatic carbocycles. The van der Waals surface area contributed by atoms with Gasteiger partial charge in [0.05, 0.1) is 0 Å². The van der Waals surface area contributed by atoms with Crippen molar-refractivity contribution < 1.29 is 4.39 Å². The van der Waals surface area contributed by atoms with E-state index >= 15 is 0 Å². The molecule has 1 aromatic carbocycles. The van der Waals surface area contributed by atoms with Crippen LogP contribution < -0.4 is 5.73 Å². The Morgan fingerprint density at radius 1 is 1.38 bits per heavy atom. The van der Waals surface area contributed by atoms with E-state index in [1.807, 2.05) is 0 Å². The van der Waals surface area contributed by atoms with E-state index in [2.05, 4.69) is 4.98 Å². The lowest BCUT2D eigenvalue weighted by molar-refractivity contribution is 0.627. The predicted octanol–water partition coefficient (Wildman–Crippen LogP) is 1.83. The molecule has 1 heterocycles. The Morgan fingerprint density at radius 2 is 2.23 bits per heavy atom. The molecule has 2 nitrogen and oxygen atoms in total. The van der Waals surface area contributed by atoms with E-state index in [0.717, 1.165) is 16.3 Å². The van der Waals surface area contributed by atoms with Gasteiger partial charge in [-0.1, -0.05) is 0 Å². The second-order valence-corrected chi connectivity index (χ2v) is 2.87. The summed E-state index contributed by atoms with van der Waals surface area (Å²) in [6.45, 7) is 0.333. The van der Waals surface area contributed by atoms with E-state index < -0.39 is 0 Å². The first-order chi connectivity index (χ1) is 6.31. The second-order valence-electron chi connectivity index (χ2n) is 2.87. The molecule has 0 amide bonds. The van der Waals surface area contributed by atoms with Gasteiger partial charge in [-0.15, -0.1) is 0 Å². The lowest BCUT2D eigenvalue weighted by Gasteiger charge is -2.03. The first-order valence-electron chi connectivity index (χ1n) is 4.03. The summed E-state index contributed by atoms with van der Waals surface area (Å²) >= 11 is 0. The van der Waals surface area contributed by atoms with Crippen molar-refractivity contribution in [3.63, 3.8) is 0 Å². The van der Waals surface area contributed by atoms with Gasteiger partial charge < -0.3 is 5.73 Å². The van der Waals surface area contributed by atoms with E-state index in [1.165, 1.54) is 12.1 Å². The Morgan fingerprint density at radius 3 is 3.00 bits per heavy atom. The highest BCUT2D eigenvalue weighted by Crippen LogP contribution is 2.18. The second kappa shape index (κ2) is 3.11. The maximum atomic E-state index is 13.0. The number of nitrogens with two attached hydrogens (primary N) is 1. The molecule has 0 fully saturated rings. The Labute approximate surface area is 75.2 Å². The van der Waals surface area contributed by atoms with Crippen LogP contribution in [-0.4, -0.2) is 4.98 Å². The summed E-state index contributed by atoms with van der Waals surface area (Å²) < 4.78 is 13.0. The Hall–Kier alpha value is -1.48. The maximum absolute atomic E-state index is 13.0. The minimum absolute atomic E-state index is 0.251. The van der Waals surface area contributed by atoms with Gasteiger partial charge in [0.25, 0.3) is 0 Å². The van der Waals surface area contributed by atoms with E-state index in [4.69, 9.17) is 5.73 Å². The van der Waals surface area contributed by atoms with Crippen molar-refractivity contribution in [1.82, 2.24) is 4.98 Å². The Balaban J connectivity index is 2.81. The van der Waals surface area contributed by atoms with Gasteiger partial charge in [0.15, 0.2) is 0 Å². The SMILES string of the molecule is NCc1cc(F)cc2ccncc12. The largest absolute Gasteiger partial charge is 0.326 e. The molecule has 0 saturated heterocycles. The number of aromatic nitrogens is 1. The lowest BCUT2D eigenvalue weighted by Crippen LogP contribution is -1.98. The quantitative estimate of drug-likeness (QED) is 0.720. The molecule has 0 aliphatic heterocycles. The Kier molecular flexibility index (Phi) is 1.94. The van der Waals surface area contributed by atoms with Gasteiger partial charge in [0.1, 0.15) is 5.82 Å². The number of nitrogens with zero attached hydrogens (tertiary/aromatic N) is 1. The fourth-order valence-corrected chi connectivity index (χ4v) is 1.40. The van der Waals surface area contributed by atoms with Crippen molar-refractivity contribution in [3.8, 4) is 0 Å². The molecular weight excluding hydrogens is 167 g/mol. The molecule has 66 valence electrons. The molecule has 0 unspecified atom stereocenters. The van der Waals surface area contributed by atoms with Gasteiger partial charge in [-0.05, 0) is 29.1 Å². The number of pyridine rings is 1. The molecule has 0 bridgehead atoms. The molecule has 1 aromatic heterocycles. The van der Waals surface area contributed by atoms with Crippen molar-refractivity contribution >= 4 is 10.8 Å². The highest BCUT2D eigenvalue weighted by atomic mass is 19.1. The summed E-state index contributed by atoms with van der Waals surface area (Å²) in [5.41, 5.74) is 6.28. The van der Waals surface area contributed by atoms with Crippen molar-refractivity contribution in [2.45, 2.75) is 6.54 Å². The number of halogens is 1. The van der Waals surface area contributed by atoms with Crippen LogP contribution in [0.15, 0.2) is 30.6 Å². The van der Waals surface area contributed by atoms with Gasteiger partial charge in [-0.25, -0.2) is 4.39 Å². The first kappa shape index (κ1) is 8.13. The van der Waals surface area contributed by atoms with Crippen LogP contribution in [0.4, 0.5) is 4.39 Å². The van der Waals surface area contributed by atoms with Crippen LogP contribution in [0.5, 0.6) is 0 Å². The molecule has 2 N–H and O–H groups in total. The van der Waals surface area contributed by atoms with Crippen LogP contribution in [0.3, 0.4) is 0 Å². The number of rotatable bonds is 1. The zero-order chi connectivity index (χ0) is 9.26. The van der Waals surface area contributed by atoms with Gasteiger partial charge in [-0.3, -0.25) is 4.98 Å². The third-order valence-electron chi connectivity index (χ3n) is 2.03. The standard InChI is InChI=1S/C10H9FN2/c11-9-3-7-1-2-13-6-10(7)8(4-9)5-12/h1-4,6H,5,12H2. The topological polar surface area (TPSA) is 38.9 Å². The number of hydrogen-bond donors (Lipinski definition) is 1. The summed E-state index contributed by atoms with van der Waals surface area (Å²) in [6, 6.07) is 4.71. The summed E-state index contributed by atoms with van der Waals surface area (Å²) in [7, 11) is 0. The maximum Gasteiger partial charge on any atom is 0.124 e. The monoisotopic (exact) mass is 176 g/mol. The highest BCUT2D eigenvalue weighted by molar-refractivity contribution is 5.84. The van der Waals surface area contributed by atoms with Crippen LogP contribution in [-0.2, 0) is 6.54 Å². The average Bonchev–Trinajstić information content (AvgIpc) is 2.16. The minimum Gasteiger partial charge on any atom is -0.326 e. The smallest absolute Gasteiger partial charge is 0.124 e. The zero-order valence-corrected chi connectivity index (χ0v) is 7.00. The third-order valence-corrected chi connectivity index (χ3v) is 2.03. The molecule has 0 aliphatic rings. The fourth-order valence-electron chi connectivity index (χ4n) is 1.40. The lowest BCUT2D eigenvalue weighted by atomic mass is 10.1. The molecule has 0 saturated carbocycles. The summed E-state index contributed by atoms with van der Waals surface area (Å²) in [5.74, 6) is -0.251. The minimum atomic E-state index is -0.251. The molecule has 13 heavy (non-hydrogen) atoms. The molecule has 0 radical (unpaired) electrons.